The van der Waals surface area contributed by atoms with E-state index in [2.05, 4.69) is 10.3 Å². The molecule has 0 saturated carbocycles. The highest BCUT2D eigenvalue weighted by Gasteiger charge is 2.09. The maximum absolute atomic E-state index is 12.0. The third kappa shape index (κ3) is 3.84. The van der Waals surface area contributed by atoms with E-state index in [9.17, 15) is 4.79 Å². The van der Waals surface area contributed by atoms with Gasteiger partial charge in [0.05, 0.1) is 12.9 Å². The van der Waals surface area contributed by atoms with Gasteiger partial charge >= 0.3 is 0 Å². The van der Waals surface area contributed by atoms with Crippen molar-refractivity contribution in [2.24, 2.45) is 0 Å². The highest BCUT2D eigenvalue weighted by molar-refractivity contribution is 7.99. The smallest absolute Gasteiger partial charge is 0.257 e. The van der Waals surface area contributed by atoms with Crippen LogP contribution in [-0.4, -0.2) is 23.8 Å². The van der Waals surface area contributed by atoms with Crippen LogP contribution in [0.15, 0.2) is 58.2 Å². The molecule has 0 aliphatic rings. The van der Waals surface area contributed by atoms with Crippen LogP contribution in [0, 0.1) is 0 Å². The van der Waals surface area contributed by atoms with Gasteiger partial charge in [-0.25, -0.2) is 4.98 Å². The molecule has 23 heavy (non-hydrogen) atoms. The van der Waals surface area contributed by atoms with E-state index in [-0.39, 0.29) is 11.7 Å². The minimum absolute atomic E-state index is 0.0804. The molecule has 0 atom stereocenters. The molecular formula is C17H16N2O3S. The SMILES string of the molecule is COc1ccccc1CNC(=O)CSc1nc2ccccc2o1. The first-order valence-corrected chi connectivity index (χ1v) is 8.12. The number of aromatic nitrogens is 1. The van der Waals surface area contributed by atoms with Crippen LogP contribution in [0.3, 0.4) is 0 Å². The van der Waals surface area contributed by atoms with Crippen LogP contribution >= 0.6 is 11.8 Å². The number of benzene rings is 2. The lowest BCUT2D eigenvalue weighted by Crippen LogP contribution is -2.24. The molecule has 0 spiro atoms. The van der Waals surface area contributed by atoms with Crippen LogP contribution in [-0.2, 0) is 11.3 Å². The number of carbonyl (C=O) groups excluding carboxylic acids is 1. The summed E-state index contributed by atoms with van der Waals surface area (Å²) in [5.41, 5.74) is 2.46. The van der Waals surface area contributed by atoms with Crippen molar-refractivity contribution in [1.29, 1.82) is 0 Å². The van der Waals surface area contributed by atoms with E-state index in [1.807, 2.05) is 48.5 Å². The Bertz CT molecular complexity index is 783. The molecule has 5 nitrogen and oxygen atoms in total. The quantitative estimate of drug-likeness (QED) is 0.704. The molecule has 0 radical (unpaired) electrons. The van der Waals surface area contributed by atoms with Crippen molar-refractivity contribution in [3.63, 3.8) is 0 Å². The second-order valence-corrected chi connectivity index (χ2v) is 5.75. The first-order chi connectivity index (χ1) is 11.3. The Morgan fingerprint density at radius 2 is 2.00 bits per heavy atom. The topological polar surface area (TPSA) is 64.4 Å². The number of ether oxygens (including phenoxy) is 1. The van der Waals surface area contributed by atoms with Crippen molar-refractivity contribution in [3.05, 3.63) is 54.1 Å². The van der Waals surface area contributed by atoms with Crippen LogP contribution in [0.2, 0.25) is 0 Å². The summed E-state index contributed by atoms with van der Waals surface area (Å²) in [5.74, 6) is 0.935. The fourth-order valence-electron chi connectivity index (χ4n) is 2.13. The molecule has 0 unspecified atom stereocenters. The number of carbonyl (C=O) groups is 1. The summed E-state index contributed by atoms with van der Waals surface area (Å²) >= 11 is 1.28. The molecule has 1 amide bonds. The monoisotopic (exact) mass is 328 g/mol. The maximum atomic E-state index is 12.0. The third-order valence-corrected chi connectivity index (χ3v) is 4.10. The lowest BCUT2D eigenvalue weighted by molar-refractivity contribution is -0.118. The maximum Gasteiger partial charge on any atom is 0.257 e. The van der Waals surface area contributed by atoms with Gasteiger partial charge in [-0.3, -0.25) is 4.79 Å². The number of fused-ring (bicyclic) bond motifs is 1. The van der Waals surface area contributed by atoms with Gasteiger partial charge in [-0.15, -0.1) is 0 Å². The number of para-hydroxylation sites is 3. The minimum Gasteiger partial charge on any atom is -0.496 e. The molecule has 0 aliphatic heterocycles. The fourth-order valence-corrected chi connectivity index (χ4v) is 2.80. The third-order valence-electron chi connectivity index (χ3n) is 3.27. The van der Waals surface area contributed by atoms with Crippen LogP contribution in [0.25, 0.3) is 11.1 Å². The Labute approximate surface area is 138 Å². The lowest BCUT2D eigenvalue weighted by Gasteiger charge is -2.08. The summed E-state index contributed by atoms with van der Waals surface area (Å²) in [6.07, 6.45) is 0. The summed E-state index contributed by atoms with van der Waals surface area (Å²) in [4.78, 5) is 16.3. The second kappa shape index (κ2) is 7.19. The Hall–Kier alpha value is -2.47. The van der Waals surface area contributed by atoms with E-state index in [4.69, 9.17) is 9.15 Å². The van der Waals surface area contributed by atoms with Gasteiger partial charge in [0.2, 0.25) is 5.91 Å². The number of nitrogens with one attached hydrogen (secondary N) is 1. The fraction of sp³-hybridized carbons (Fsp3) is 0.176. The normalized spacial score (nSPS) is 10.7. The van der Waals surface area contributed by atoms with Gasteiger partial charge in [0.25, 0.3) is 5.22 Å². The van der Waals surface area contributed by atoms with Crippen molar-refractivity contribution in [1.82, 2.24) is 10.3 Å². The van der Waals surface area contributed by atoms with Gasteiger partial charge in [0.1, 0.15) is 11.3 Å². The molecule has 0 saturated heterocycles. The Balaban J connectivity index is 1.53. The summed E-state index contributed by atoms with van der Waals surface area (Å²) < 4.78 is 10.8. The van der Waals surface area contributed by atoms with Crippen LogP contribution in [0.1, 0.15) is 5.56 Å². The van der Waals surface area contributed by atoms with Crippen LogP contribution in [0.5, 0.6) is 5.75 Å². The molecule has 1 heterocycles. The van der Waals surface area contributed by atoms with E-state index in [1.165, 1.54) is 11.8 Å². The summed E-state index contributed by atoms with van der Waals surface area (Å²) in [5, 5.41) is 3.37. The average molecular weight is 328 g/mol. The van der Waals surface area contributed by atoms with E-state index in [0.717, 1.165) is 22.4 Å². The highest BCUT2D eigenvalue weighted by Crippen LogP contribution is 2.23. The zero-order chi connectivity index (χ0) is 16.1. The number of nitrogens with zero attached hydrogens (tertiary/aromatic N) is 1. The van der Waals surface area contributed by atoms with Gasteiger partial charge in [-0.05, 0) is 18.2 Å². The number of thioether (sulfide) groups is 1. The first kappa shape index (κ1) is 15.4. The molecule has 118 valence electrons. The second-order valence-electron chi connectivity index (χ2n) is 4.82. The zero-order valence-corrected chi connectivity index (χ0v) is 13.4. The average Bonchev–Trinajstić information content (AvgIpc) is 3.01. The predicted octanol–water partition coefficient (Wildman–Crippen LogP) is 3.24. The standard InChI is InChI=1S/C17H16N2O3S/c1-21-14-8-4-2-6-12(14)10-18-16(20)11-23-17-19-13-7-3-5-9-15(13)22-17/h2-9H,10-11H2,1H3,(H,18,20). The van der Waals surface area contributed by atoms with Gasteiger partial charge in [-0.2, -0.15) is 0 Å². The Morgan fingerprint density at radius 1 is 1.22 bits per heavy atom. The molecule has 3 aromatic rings. The van der Waals surface area contributed by atoms with Crippen molar-refractivity contribution >= 4 is 28.8 Å². The first-order valence-electron chi connectivity index (χ1n) is 7.13. The molecule has 1 N–H and O–H groups in total. The molecule has 0 aliphatic carbocycles. The van der Waals surface area contributed by atoms with Crippen molar-refractivity contribution in [3.8, 4) is 5.75 Å². The number of methoxy groups -OCH3 is 1. The van der Waals surface area contributed by atoms with E-state index in [0.29, 0.717) is 11.8 Å². The minimum atomic E-state index is -0.0804. The van der Waals surface area contributed by atoms with Crippen molar-refractivity contribution in [2.75, 3.05) is 12.9 Å². The van der Waals surface area contributed by atoms with E-state index < -0.39 is 0 Å². The van der Waals surface area contributed by atoms with Gasteiger partial charge < -0.3 is 14.5 Å². The summed E-state index contributed by atoms with van der Waals surface area (Å²) in [6, 6.07) is 15.1. The van der Waals surface area contributed by atoms with Crippen molar-refractivity contribution < 1.29 is 13.9 Å². The zero-order valence-electron chi connectivity index (χ0n) is 12.6. The number of rotatable bonds is 6. The van der Waals surface area contributed by atoms with E-state index in [1.54, 1.807) is 7.11 Å². The predicted molar refractivity (Wildman–Crippen MR) is 89.6 cm³/mol. The molecule has 3 rings (SSSR count). The lowest BCUT2D eigenvalue weighted by atomic mass is 10.2. The summed E-state index contributed by atoms with van der Waals surface area (Å²) in [7, 11) is 1.61. The molecule has 6 heteroatoms. The highest BCUT2D eigenvalue weighted by atomic mass is 32.2. The number of oxazole rings is 1. The van der Waals surface area contributed by atoms with Crippen LogP contribution < -0.4 is 10.1 Å². The number of hydrogen-bond acceptors (Lipinski definition) is 5. The molecule has 1 aromatic heterocycles. The number of hydrogen-bond donors (Lipinski definition) is 1. The van der Waals surface area contributed by atoms with Gasteiger partial charge in [-0.1, -0.05) is 42.1 Å². The Morgan fingerprint density at radius 3 is 2.83 bits per heavy atom. The van der Waals surface area contributed by atoms with E-state index >= 15 is 0 Å². The molecular weight excluding hydrogens is 312 g/mol. The molecule has 2 aromatic carbocycles. The molecule has 0 bridgehead atoms. The van der Waals surface area contributed by atoms with Crippen LogP contribution in [0.4, 0.5) is 0 Å². The van der Waals surface area contributed by atoms with Gasteiger partial charge in [0, 0.05) is 12.1 Å². The van der Waals surface area contributed by atoms with Gasteiger partial charge in [0.15, 0.2) is 5.58 Å². The van der Waals surface area contributed by atoms with Crippen molar-refractivity contribution in [2.45, 2.75) is 11.8 Å². The molecule has 0 fully saturated rings. The Kier molecular flexibility index (Phi) is 4.83. The number of amides is 1. The largest absolute Gasteiger partial charge is 0.496 e. The summed E-state index contributed by atoms with van der Waals surface area (Å²) in [6.45, 7) is 0.428.